The maximum absolute atomic E-state index is 12.5. The zero-order valence-electron chi connectivity index (χ0n) is 14.8. The van der Waals surface area contributed by atoms with Gasteiger partial charge in [0, 0.05) is 10.6 Å². The van der Waals surface area contributed by atoms with Crippen LogP contribution in [-0.4, -0.2) is 37.1 Å². The number of anilines is 1. The van der Waals surface area contributed by atoms with Gasteiger partial charge in [0.05, 0.1) is 17.2 Å². The topological polar surface area (TPSA) is 144 Å². The van der Waals surface area contributed by atoms with E-state index in [1.165, 1.54) is 18.3 Å². The lowest BCUT2D eigenvalue weighted by molar-refractivity contribution is -0.121. The highest BCUT2D eigenvalue weighted by molar-refractivity contribution is 6.30. The van der Waals surface area contributed by atoms with Crippen LogP contribution in [0, 0.1) is 0 Å². The summed E-state index contributed by atoms with van der Waals surface area (Å²) in [5.74, 6) is -0.0283. The number of phenols is 1. The number of hydrazone groups is 1. The fourth-order valence-electron chi connectivity index (χ4n) is 2.75. The number of amides is 1. The van der Waals surface area contributed by atoms with E-state index in [0.29, 0.717) is 27.4 Å². The van der Waals surface area contributed by atoms with Crippen molar-refractivity contribution in [2.24, 2.45) is 5.10 Å². The lowest BCUT2D eigenvalue weighted by atomic mass is 10.2. The Morgan fingerprint density at radius 3 is 2.93 bits per heavy atom. The number of aromatic nitrogens is 4. The number of benzene rings is 2. The first kappa shape index (κ1) is 18.4. The molecule has 0 saturated carbocycles. The van der Waals surface area contributed by atoms with Crippen LogP contribution in [0.4, 0.5) is 5.82 Å². The Hall–Kier alpha value is -3.92. The molecule has 0 spiro atoms. The molecule has 0 aliphatic rings. The minimum atomic E-state index is -0.429. The Kier molecular flexibility index (Phi) is 4.83. The van der Waals surface area contributed by atoms with Gasteiger partial charge in [0.2, 0.25) is 0 Å². The van der Waals surface area contributed by atoms with E-state index in [1.54, 1.807) is 16.7 Å². The molecule has 2 aromatic heterocycles. The molecule has 0 radical (unpaired) electrons. The molecule has 11 heteroatoms. The molecule has 2 heterocycles. The van der Waals surface area contributed by atoms with Crippen LogP contribution in [0.5, 0.6) is 5.75 Å². The van der Waals surface area contributed by atoms with E-state index in [-0.39, 0.29) is 23.8 Å². The van der Waals surface area contributed by atoms with Crippen LogP contribution in [0.25, 0.3) is 22.6 Å². The molecule has 0 bridgehead atoms. The van der Waals surface area contributed by atoms with E-state index >= 15 is 0 Å². The fraction of sp³-hybridized carbons (Fsp3) is 0.0556. The molecule has 4 aromatic rings. The van der Waals surface area contributed by atoms with Crippen molar-refractivity contribution in [2.45, 2.75) is 6.54 Å². The second-order valence-electron chi connectivity index (χ2n) is 6.00. The smallest absolute Gasteiger partial charge is 0.260 e. The molecule has 2 aromatic carbocycles. The van der Waals surface area contributed by atoms with Gasteiger partial charge >= 0.3 is 0 Å². The number of phenolic OH excluding ortho intramolecular Hbond substituents is 1. The Morgan fingerprint density at radius 2 is 2.14 bits per heavy atom. The summed E-state index contributed by atoms with van der Waals surface area (Å²) in [7, 11) is 0. The first-order chi connectivity index (χ1) is 14.0. The lowest BCUT2D eigenvalue weighted by Crippen LogP contribution is -2.23. The predicted molar refractivity (Wildman–Crippen MR) is 106 cm³/mol. The van der Waals surface area contributed by atoms with Gasteiger partial charge in [0.25, 0.3) is 5.91 Å². The van der Waals surface area contributed by atoms with E-state index in [2.05, 4.69) is 30.5 Å². The summed E-state index contributed by atoms with van der Waals surface area (Å²) in [5, 5.41) is 21.4. The lowest BCUT2D eigenvalue weighted by Gasteiger charge is -2.06. The zero-order valence-corrected chi connectivity index (χ0v) is 15.5. The molecule has 4 rings (SSSR count). The molecule has 0 atom stereocenters. The number of rotatable bonds is 5. The van der Waals surface area contributed by atoms with Crippen molar-refractivity contribution in [3.63, 3.8) is 0 Å². The highest BCUT2D eigenvalue weighted by Gasteiger charge is 2.20. The minimum Gasteiger partial charge on any atom is -0.507 e. The second-order valence-corrected chi connectivity index (χ2v) is 6.44. The summed E-state index contributed by atoms with van der Waals surface area (Å²) < 4.78 is 6.29. The van der Waals surface area contributed by atoms with Gasteiger partial charge in [0.1, 0.15) is 12.3 Å². The van der Waals surface area contributed by atoms with E-state index < -0.39 is 5.91 Å². The summed E-state index contributed by atoms with van der Waals surface area (Å²) >= 11 is 5.89. The quantitative estimate of drug-likeness (QED) is 0.337. The number of aromatic hydroxyl groups is 1. The van der Waals surface area contributed by atoms with Crippen molar-refractivity contribution in [3.05, 3.63) is 53.1 Å². The first-order valence-electron chi connectivity index (χ1n) is 8.37. The zero-order chi connectivity index (χ0) is 20.4. The van der Waals surface area contributed by atoms with Crippen molar-refractivity contribution in [3.8, 4) is 17.3 Å². The number of halogens is 1. The molecule has 0 aliphatic heterocycles. The summed E-state index contributed by atoms with van der Waals surface area (Å²) in [4.78, 5) is 16.9. The number of nitrogens with two attached hydrogens (primary N) is 1. The third-order valence-corrected chi connectivity index (χ3v) is 4.30. The minimum absolute atomic E-state index is 0.00991. The van der Waals surface area contributed by atoms with Crippen LogP contribution < -0.4 is 11.2 Å². The molecule has 4 N–H and O–H groups in total. The third-order valence-electron chi connectivity index (χ3n) is 4.06. The number of imidazole rings is 1. The van der Waals surface area contributed by atoms with Crippen LogP contribution in [-0.2, 0) is 11.3 Å². The van der Waals surface area contributed by atoms with E-state index in [1.807, 2.05) is 18.2 Å². The monoisotopic (exact) mass is 411 g/mol. The number of fused-ring (bicyclic) bond motifs is 1. The van der Waals surface area contributed by atoms with Crippen molar-refractivity contribution in [1.82, 2.24) is 25.3 Å². The third kappa shape index (κ3) is 3.73. The predicted octanol–water partition coefficient (Wildman–Crippen LogP) is 2.18. The number of nitrogens with one attached hydrogen (secondary N) is 1. The van der Waals surface area contributed by atoms with Crippen LogP contribution in [0.15, 0.2) is 52.2 Å². The highest BCUT2D eigenvalue weighted by Crippen LogP contribution is 2.26. The number of nitrogen functional groups attached to an aromatic ring is 1. The Balaban J connectivity index is 1.59. The summed E-state index contributed by atoms with van der Waals surface area (Å²) in [6.45, 7) is -0.110. The molecular weight excluding hydrogens is 398 g/mol. The first-order valence-corrected chi connectivity index (χ1v) is 8.75. The Morgan fingerprint density at radius 1 is 1.31 bits per heavy atom. The van der Waals surface area contributed by atoms with E-state index in [9.17, 15) is 9.90 Å². The molecule has 29 heavy (non-hydrogen) atoms. The van der Waals surface area contributed by atoms with Gasteiger partial charge in [-0.3, -0.25) is 4.79 Å². The van der Waals surface area contributed by atoms with Gasteiger partial charge in [-0.25, -0.2) is 15.0 Å². The van der Waals surface area contributed by atoms with Crippen molar-refractivity contribution >= 4 is 40.6 Å². The Labute approximate surface area is 168 Å². The number of para-hydroxylation sites is 2. The molecule has 0 unspecified atom stereocenters. The van der Waals surface area contributed by atoms with Crippen LogP contribution in [0.2, 0.25) is 5.02 Å². The number of nitrogens with zero attached hydrogens (tertiary/aromatic N) is 5. The van der Waals surface area contributed by atoms with Gasteiger partial charge in [-0.2, -0.15) is 5.10 Å². The van der Waals surface area contributed by atoms with Gasteiger partial charge in [-0.15, -0.1) is 0 Å². The number of carbonyl (C=O) groups excluding carboxylic acids is 1. The Bertz CT molecular complexity index is 1230. The molecule has 146 valence electrons. The van der Waals surface area contributed by atoms with Gasteiger partial charge in [-0.05, 0) is 40.6 Å². The number of hydrogen-bond donors (Lipinski definition) is 3. The normalized spacial score (nSPS) is 11.3. The number of carbonyl (C=O) groups is 1. The van der Waals surface area contributed by atoms with Crippen molar-refractivity contribution in [2.75, 3.05) is 5.73 Å². The largest absolute Gasteiger partial charge is 0.507 e. The fourth-order valence-corrected chi connectivity index (χ4v) is 2.93. The summed E-state index contributed by atoms with van der Waals surface area (Å²) in [6, 6.07) is 11.8. The maximum Gasteiger partial charge on any atom is 0.260 e. The molecule has 10 nitrogen and oxygen atoms in total. The van der Waals surface area contributed by atoms with Crippen LogP contribution in [0.3, 0.4) is 0 Å². The molecule has 0 fully saturated rings. The van der Waals surface area contributed by atoms with Crippen LogP contribution >= 0.6 is 11.6 Å². The molecule has 0 saturated heterocycles. The average Bonchev–Trinajstić information content (AvgIpc) is 3.28. The molecular formula is C18H14ClN7O3. The van der Waals surface area contributed by atoms with Crippen molar-refractivity contribution < 1.29 is 14.5 Å². The number of hydrogen-bond acceptors (Lipinski definition) is 8. The van der Waals surface area contributed by atoms with Gasteiger partial charge in [0.15, 0.2) is 17.3 Å². The standard InChI is InChI=1S/C18H14ClN7O3/c19-11-5-6-14(27)10(7-11)8-21-23-15(28)9-26-13-4-2-1-3-12(13)22-18(26)16-17(20)25-29-24-16/h1-8,27H,9H2,(H2,20,25)(H,23,28)/b21-8+. The van der Waals surface area contributed by atoms with E-state index in [4.69, 9.17) is 17.3 Å². The van der Waals surface area contributed by atoms with Gasteiger partial charge < -0.3 is 15.4 Å². The van der Waals surface area contributed by atoms with Gasteiger partial charge in [-0.1, -0.05) is 23.7 Å². The summed E-state index contributed by atoms with van der Waals surface area (Å²) in [5.41, 5.74) is 10.2. The highest BCUT2D eigenvalue weighted by atomic mass is 35.5. The molecule has 1 amide bonds. The average molecular weight is 412 g/mol. The summed E-state index contributed by atoms with van der Waals surface area (Å²) in [6.07, 6.45) is 1.30. The molecule has 0 aliphatic carbocycles. The SMILES string of the molecule is Nc1nonc1-c1nc2ccccc2n1CC(=O)N/N=C/c1cc(Cl)ccc1O. The van der Waals surface area contributed by atoms with Crippen molar-refractivity contribution in [1.29, 1.82) is 0 Å². The van der Waals surface area contributed by atoms with Crippen LogP contribution in [0.1, 0.15) is 5.56 Å². The van der Waals surface area contributed by atoms with E-state index in [0.717, 1.165) is 0 Å². The maximum atomic E-state index is 12.5. The second kappa shape index (κ2) is 7.60.